The van der Waals surface area contributed by atoms with Gasteiger partial charge in [0.1, 0.15) is 19.3 Å². The predicted molar refractivity (Wildman–Crippen MR) is 427 cm³/mol. The van der Waals surface area contributed by atoms with E-state index in [2.05, 4.69) is 137 Å². The van der Waals surface area contributed by atoms with Crippen molar-refractivity contribution in [3.8, 4) is 0 Å². The van der Waals surface area contributed by atoms with Gasteiger partial charge in [-0.3, -0.25) is 37.3 Å². The Hall–Kier alpha value is -4.28. The molecule has 0 aromatic heterocycles. The molecular formula is C85H148O17P2. The van der Waals surface area contributed by atoms with Gasteiger partial charge in [-0.15, -0.1) is 0 Å². The summed E-state index contributed by atoms with van der Waals surface area (Å²) < 4.78 is 68.7. The number of carbonyl (C=O) groups excluding carboxylic acids is 4. The number of esters is 4. The van der Waals surface area contributed by atoms with E-state index in [1.807, 2.05) is 0 Å². The molecule has 0 amide bonds. The first kappa shape index (κ1) is 99.7. The fourth-order valence-corrected chi connectivity index (χ4v) is 12.7. The molecule has 0 aliphatic carbocycles. The van der Waals surface area contributed by atoms with E-state index in [1.54, 1.807) is 0 Å². The number of allylic oxidation sites excluding steroid dienone is 18. The summed E-state index contributed by atoms with van der Waals surface area (Å²) in [5, 5.41) is 10.7. The van der Waals surface area contributed by atoms with Gasteiger partial charge in [0.15, 0.2) is 12.2 Å². The van der Waals surface area contributed by atoms with Crippen molar-refractivity contribution in [3.05, 3.63) is 109 Å². The topological polar surface area (TPSA) is 237 Å². The van der Waals surface area contributed by atoms with Crippen LogP contribution in [0.5, 0.6) is 0 Å². The highest BCUT2D eigenvalue weighted by atomic mass is 31.2. The lowest BCUT2D eigenvalue weighted by Crippen LogP contribution is -2.30. The zero-order valence-electron chi connectivity index (χ0n) is 65.7. The van der Waals surface area contributed by atoms with Crippen LogP contribution in [-0.2, 0) is 65.4 Å². The number of ether oxygens (including phenoxy) is 4. The Morgan fingerprint density at radius 3 is 0.769 bits per heavy atom. The van der Waals surface area contributed by atoms with Crippen LogP contribution in [0.3, 0.4) is 0 Å². The molecule has 600 valence electrons. The van der Waals surface area contributed by atoms with Crippen molar-refractivity contribution < 1.29 is 80.2 Å². The third-order valence-electron chi connectivity index (χ3n) is 17.2. The Labute approximate surface area is 632 Å². The number of aliphatic hydroxyl groups is 1. The summed E-state index contributed by atoms with van der Waals surface area (Å²) in [6.45, 7) is 4.56. The highest BCUT2D eigenvalue weighted by Gasteiger charge is 2.30. The summed E-state index contributed by atoms with van der Waals surface area (Å²) in [7, 11) is -9.97. The number of hydrogen-bond donors (Lipinski definition) is 3. The lowest BCUT2D eigenvalue weighted by molar-refractivity contribution is -0.161. The second-order valence-electron chi connectivity index (χ2n) is 27.3. The monoisotopic (exact) mass is 1500 g/mol. The molecule has 0 bridgehead atoms. The zero-order chi connectivity index (χ0) is 76.0. The lowest BCUT2D eigenvalue weighted by atomic mass is 10.0. The van der Waals surface area contributed by atoms with Crippen molar-refractivity contribution in [2.45, 2.75) is 367 Å². The van der Waals surface area contributed by atoms with Crippen molar-refractivity contribution in [1.29, 1.82) is 0 Å². The van der Waals surface area contributed by atoms with E-state index in [0.717, 1.165) is 205 Å². The van der Waals surface area contributed by atoms with Crippen molar-refractivity contribution in [3.63, 3.8) is 0 Å². The van der Waals surface area contributed by atoms with Crippen molar-refractivity contribution in [2.75, 3.05) is 39.6 Å². The van der Waals surface area contributed by atoms with E-state index >= 15 is 0 Å². The van der Waals surface area contributed by atoms with Gasteiger partial charge in [-0.1, -0.05) is 310 Å². The third-order valence-corrected chi connectivity index (χ3v) is 19.1. The van der Waals surface area contributed by atoms with Crippen LogP contribution >= 0.6 is 15.6 Å². The SMILES string of the molecule is CC/C=C\C/C=C\C/C=C\CCCCCCCCCC(=O)OCC(COP(=O)(O)OCC(O)COP(=O)(O)OCC(COC(=O)CCCCCCC/C=C\C/C=C\C/C=C\CC)OC(=O)CCCCCCCCCCCCCCCCC)OC(=O)CCCCCCCCC/C=C\C/C=C\C/C=C\CC. The minimum absolute atomic E-state index is 0.0807. The van der Waals surface area contributed by atoms with E-state index in [9.17, 15) is 43.2 Å². The Bertz CT molecular complexity index is 2390. The minimum atomic E-state index is -4.98. The molecule has 0 aromatic rings. The number of phosphoric acid groups is 2. The fourth-order valence-electron chi connectivity index (χ4n) is 11.1. The molecule has 0 aliphatic rings. The number of carbonyl (C=O) groups is 4. The number of unbranched alkanes of at least 4 members (excludes halogenated alkanes) is 33. The highest BCUT2D eigenvalue weighted by Crippen LogP contribution is 2.45. The molecule has 19 heteroatoms. The second kappa shape index (κ2) is 76.9. The van der Waals surface area contributed by atoms with Crippen molar-refractivity contribution in [2.24, 2.45) is 0 Å². The average Bonchev–Trinajstić information content (AvgIpc) is 0.926. The van der Waals surface area contributed by atoms with Crippen LogP contribution in [0.25, 0.3) is 0 Å². The molecule has 17 nitrogen and oxygen atoms in total. The predicted octanol–water partition coefficient (Wildman–Crippen LogP) is 24.1. The molecule has 0 aliphatic heterocycles. The molecule has 0 aromatic carbocycles. The molecule has 0 fully saturated rings. The largest absolute Gasteiger partial charge is 0.472 e. The third kappa shape index (κ3) is 75.9. The van der Waals surface area contributed by atoms with Crippen LogP contribution in [-0.4, -0.2) is 96.7 Å². The van der Waals surface area contributed by atoms with Crippen LogP contribution in [0.4, 0.5) is 0 Å². The van der Waals surface area contributed by atoms with E-state index in [0.29, 0.717) is 25.7 Å². The molecule has 0 saturated heterocycles. The van der Waals surface area contributed by atoms with Gasteiger partial charge >= 0.3 is 39.5 Å². The maximum atomic E-state index is 13.1. The van der Waals surface area contributed by atoms with Crippen molar-refractivity contribution in [1.82, 2.24) is 0 Å². The first-order chi connectivity index (χ1) is 50.7. The first-order valence-electron chi connectivity index (χ1n) is 41.1. The summed E-state index contributed by atoms with van der Waals surface area (Å²) in [6, 6.07) is 0. The Morgan fingerprint density at radius 1 is 0.279 bits per heavy atom. The molecule has 5 atom stereocenters. The molecule has 0 spiro atoms. The van der Waals surface area contributed by atoms with Crippen LogP contribution in [0.15, 0.2) is 109 Å². The van der Waals surface area contributed by atoms with Gasteiger partial charge in [0.05, 0.1) is 26.4 Å². The van der Waals surface area contributed by atoms with Gasteiger partial charge in [0.2, 0.25) is 0 Å². The minimum Gasteiger partial charge on any atom is -0.462 e. The van der Waals surface area contributed by atoms with Gasteiger partial charge in [0.25, 0.3) is 0 Å². The van der Waals surface area contributed by atoms with Gasteiger partial charge in [0, 0.05) is 25.7 Å². The maximum Gasteiger partial charge on any atom is 0.472 e. The summed E-state index contributed by atoms with van der Waals surface area (Å²) in [5.41, 5.74) is 0. The van der Waals surface area contributed by atoms with Gasteiger partial charge in [-0.05, 0) is 122 Å². The van der Waals surface area contributed by atoms with Gasteiger partial charge < -0.3 is 33.8 Å². The van der Waals surface area contributed by atoms with Crippen molar-refractivity contribution >= 4 is 39.5 Å². The van der Waals surface area contributed by atoms with E-state index in [-0.39, 0.29) is 25.7 Å². The Kier molecular flexibility index (Phi) is 73.7. The summed E-state index contributed by atoms with van der Waals surface area (Å²) in [6.07, 6.45) is 83.4. The highest BCUT2D eigenvalue weighted by molar-refractivity contribution is 7.47. The smallest absolute Gasteiger partial charge is 0.462 e. The standard InChI is InChI=1S/C85H148O17P2/c1-5-9-13-17-21-25-29-33-37-39-43-46-50-54-58-62-66-70-83(88)96-76-81(102-85(90)72-68-64-60-56-52-48-44-40-38-34-30-26-22-18-14-10-6-2)78-100-104(93,94)98-74-79(86)73-97-103(91,92)99-77-80(101-84(89)71-67-63-59-55-51-47-42-36-32-28-24-20-16-12-8-4)75-95-82(87)69-65-61-57-53-49-45-41-35-31-27-23-19-15-11-7-3/h9-11,13-15,21-23,25-27,33-35,37-38,41,79-81,86H,5-8,12,16-20,24,28-32,36,39-40,42-78H2,1-4H3,(H,91,92)(H,93,94)/b13-9-,14-10-,15-11-,25-21-,26-22-,27-23-,37-33-,38-34-,41-35-. The number of phosphoric ester groups is 2. The van der Waals surface area contributed by atoms with Crippen LogP contribution < -0.4 is 0 Å². The van der Waals surface area contributed by atoms with Gasteiger partial charge in [-0.2, -0.15) is 0 Å². The normalized spacial score (nSPS) is 14.4. The summed E-state index contributed by atoms with van der Waals surface area (Å²) >= 11 is 0. The number of hydrogen-bond acceptors (Lipinski definition) is 15. The fraction of sp³-hybridized carbons (Fsp3) is 0.741. The molecule has 3 N–H and O–H groups in total. The summed E-state index contributed by atoms with van der Waals surface area (Å²) in [4.78, 5) is 73.1. The molecule has 0 radical (unpaired) electrons. The van der Waals surface area contributed by atoms with E-state index < -0.39 is 97.5 Å². The molecule has 0 rings (SSSR count). The second-order valence-corrected chi connectivity index (χ2v) is 30.2. The van der Waals surface area contributed by atoms with Crippen LogP contribution in [0.2, 0.25) is 0 Å². The molecular weight excluding hydrogens is 1350 g/mol. The quantitative estimate of drug-likeness (QED) is 0.0169. The molecule has 5 unspecified atom stereocenters. The zero-order valence-corrected chi connectivity index (χ0v) is 67.5. The molecule has 104 heavy (non-hydrogen) atoms. The van der Waals surface area contributed by atoms with Gasteiger partial charge in [-0.25, -0.2) is 9.13 Å². The average molecular weight is 1500 g/mol. The molecule has 0 heterocycles. The Balaban J connectivity index is 5.37. The Morgan fingerprint density at radius 2 is 0.500 bits per heavy atom. The van der Waals surface area contributed by atoms with E-state index in [4.69, 9.17) is 37.0 Å². The lowest BCUT2D eigenvalue weighted by Gasteiger charge is -2.21. The van der Waals surface area contributed by atoms with Crippen LogP contribution in [0.1, 0.15) is 349 Å². The molecule has 0 saturated carbocycles. The summed E-state index contributed by atoms with van der Waals surface area (Å²) in [5.74, 6) is -2.19. The van der Waals surface area contributed by atoms with Crippen LogP contribution in [0, 0.1) is 0 Å². The first-order valence-corrected chi connectivity index (χ1v) is 44.1. The number of aliphatic hydroxyl groups excluding tert-OH is 1. The maximum absolute atomic E-state index is 13.1. The van der Waals surface area contributed by atoms with E-state index in [1.165, 1.54) is 64.2 Å². The number of rotatable bonds is 77.